The minimum atomic E-state index is -0.783. The van der Waals surface area contributed by atoms with Crippen LogP contribution in [-0.2, 0) is 9.59 Å². The summed E-state index contributed by atoms with van der Waals surface area (Å²) in [7, 11) is 0. The zero-order valence-electron chi connectivity index (χ0n) is 15.4. The Kier molecular flexibility index (Phi) is 14.1. The lowest BCUT2D eigenvalue weighted by molar-refractivity contribution is -0.134. The molecule has 0 bridgehead atoms. The standard InChI is InChI=1S/C11H11N3O4.3C2H6/c15-8-4-3-7(11(18)14-8)13-10(17)6-2-1-5-12-9(6)16;3*1-2/h1-2,5,7H,3-4H2,(H,12,16)(H,13,17)(H,14,15,18);3*1-2H3. The number of carbonyl (C=O) groups is 3. The molecule has 0 aliphatic carbocycles. The Labute approximate surface area is 143 Å². The van der Waals surface area contributed by atoms with Crippen molar-refractivity contribution in [1.82, 2.24) is 15.6 Å². The van der Waals surface area contributed by atoms with Crippen molar-refractivity contribution < 1.29 is 14.4 Å². The minimum absolute atomic E-state index is 0.0674. The topological polar surface area (TPSA) is 108 Å². The zero-order chi connectivity index (χ0) is 19.1. The van der Waals surface area contributed by atoms with E-state index in [1.165, 1.54) is 18.3 Å². The van der Waals surface area contributed by atoms with Gasteiger partial charge in [0.25, 0.3) is 11.5 Å². The first-order valence-corrected chi connectivity index (χ1v) is 8.40. The number of piperidine rings is 1. The highest BCUT2D eigenvalue weighted by atomic mass is 16.2. The van der Waals surface area contributed by atoms with Crippen LogP contribution in [0.25, 0.3) is 0 Å². The normalized spacial score (nSPS) is 15.2. The Morgan fingerprint density at radius 1 is 1.08 bits per heavy atom. The molecule has 2 rings (SSSR count). The Balaban J connectivity index is 0. The third kappa shape index (κ3) is 7.71. The van der Waals surface area contributed by atoms with E-state index in [2.05, 4.69) is 15.6 Å². The fraction of sp³-hybridized carbons (Fsp3) is 0.529. The van der Waals surface area contributed by atoms with Crippen LogP contribution in [0.5, 0.6) is 0 Å². The lowest BCUT2D eigenvalue weighted by atomic mass is 10.1. The molecule has 7 heteroatoms. The van der Waals surface area contributed by atoms with Gasteiger partial charge in [-0.15, -0.1) is 0 Å². The van der Waals surface area contributed by atoms with E-state index in [1.807, 2.05) is 41.5 Å². The van der Waals surface area contributed by atoms with Gasteiger partial charge in [0.05, 0.1) is 0 Å². The van der Waals surface area contributed by atoms with Gasteiger partial charge in [0.2, 0.25) is 11.8 Å². The molecule has 2 heterocycles. The van der Waals surface area contributed by atoms with E-state index in [1.54, 1.807) is 0 Å². The summed E-state index contributed by atoms with van der Waals surface area (Å²) in [6.07, 6.45) is 1.81. The van der Waals surface area contributed by atoms with Crippen LogP contribution < -0.4 is 16.2 Å². The van der Waals surface area contributed by atoms with Crippen LogP contribution in [0.3, 0.4) is 0 Å². The van der Waals surface area contributed by atoms with Gasteiger partial charge in [0.1, 0.15) is 11.6 Å². The maximum atomic E-state index is 11.8. The first kappa shape index (κ1) is 23.8. The number of rotatable bonds is 2. The van der Waals surface area contributed by atoms with Gasteiger partial charge in [-0.1, -0.05) is 41.5 Å². The van der Waals surface area contributed by atoms with Gasteiger partial charge in [-0.25, -0.2) is 0 Å². The molecule has 1 atom stereocenters. The largest absolute Gasteiger partial charge is 0.340 e. The highest BCUT2D eigenvalue weighted by Crippen LogP contribution is 2.05. The molecule has 1 aliphatic rings. The quantitative estimate of drug-likeness (QED) is 0.716. The van der Waals surface area contributed by atoms with Crippen molar-refractivity contribution in [3.8, 4) is 0 Å². The molecule has 3 N–H and O–H groups in total. The Morgan fingerprint density at radius 3 is 2.17 bits per heavy atom. The summed E-state index contributed by atoms with van der Waals surface area (Å²) in [6, 6.07) is 2.09. The average molecular weight is 339 g/mol. The Bertz CT molecular complexity index is 567. The number of aromatic amines is 1. The molecule has 1 aromatic heterocycles. The summed E-state index contributed by atoms with van der Waals surface area (Å²) in [4.78, 5) is 47.8. The SMILES string of the molecule is CC.CC.CC.O=C1CCC(NC(=O)c2ccc[nH]c2=O)C(=O)N1. The number of amides is 3. The molecular weight excluding hydrogens is 310 g/mol. The van der Waals surface area contributed by atoms with Gasteiger partial charge in [-0.05, 0) is 18.6 Å². The third-order valence-electron chi connectivity index (χ3n) is 2.61. The van der Waals surface area contributed by atoms with E-state index < -0.39 is 23.4 Å². The van der Waals surface area contributed by atoms with Crippen LogP contribution in [-0.4, -0.2) is 28.7 Å². The first-order valence-electron chi connectivity index (χ1n) is 8.40. The van der Waals surface area contributed by atoms with Crippen LogP contribution >= 0.6 is 0 Å². The van der Waals surface area contributed by atoms with E-state index in [4.69, 9.17) is 0 Å². The number of hydrogen-bond donors (Lipinski definition) is 3. The van der Waals surface area contributed by atoms with Gasteiger partial charge in [0, 0.05) is 12.6 Å². The highest BCUT2D eigenvalue weighted by Gasteiger charge is 2.28. The predicted octanol–water partition coefficient (Wildman–Crippen LogP) is 1.99. The van der Waals surface area contributed by atoms with Gasteiger partial charge in [-0.3, -0.25) is 24.5 Å². The Hall–Kier alpha value is -2.44. The number of carbonyl (C=O) groups excluding carboxylic acids is 3. The third-order valence-corrected chi connectivity index (χ3v) is 2.61. The summed E-state index contributed by atoms with van der Waals surface area (Å²) in [6.45, 7) is 12.0. The lowest BCUT2D eigenvalue weighted by Gasteiger charge is -2.21. The monoisotopic (exact) mass is 339 g/mol. The fourth-order valence-electron chi connectivity index (χ4n) is 1.67. The summed E-state index contributed by atoms with van der Waals surface area (Å²) in [5.41, 5.74) is -0.593. The van der Waals surface area contributed by atoms with Gasteiger partial charge in [-0.2, -0.15) is 0 Å². The second-order valence-corrected chi connectivity index (χ2v) is 3.89. The first-order chi connectivity index (χ1) is 11.6. The van der Waals surface area contributed by atoms with Crippen molar-refractivity contribution in [2.75, 3.05) is 0 Å². The van der Waals surface area contributed by atoms with Crippen LogP contribution in [0.4, 0.5) is 0 Å². The number of imide groups is 1. The molecule has 1 fully saturated rings. The molecule has 0 aromatic carbocycles. The summed E-state index contributed by atoms with van der Waals surface area (Å²) < 4.78 is 0. The van der Waals surface area contributed by atoms with E-state index >= 15 is 0 Å². The predicted molar refractivity (Wildman–Crippen MR) is 94.7 cm³/mol. The number of pyridine rings is 1. The molecule has 1 unspecified atom stereocenters. The number of aromatic nitrogens is 1. The number of nitrogens with one attached hydrogen (secondary N) is 3. The minimum Gasteiger partial charge on any atom is -0.340 e. The van der Waals surface area contributed by atoms with E-state index in [0.29, 0.717) is 0 Å². The van der Waals surface area contributed by atoms with E-state index in [0.717, 1.165) is 0 Å². The fourth-order valence-corrected chi connectivity index (χ4v) is 1.67. The number of hydrogen-bond acceptors (Lipinski definition) is 4. The van der Waals surface area contributed by atoms with Crippen molar-refractivity contribution in [3.63, 3.8) is 0 Å². The van der Waals surface area contributed by atoms with Crippen molar-refractivity contribution in [1.29, 1.82) is 0 Å². The van der Waals surface area contributed by atoms with Crippen molar-refractivity contribution in [3.05, 3.63) is 34.2 Å². The molecule has 0 radical (unpaired) electrons. The molecule has 0 spiro atoms. The molecule has 1 aromatic rings. The maximum absolute atomic E-state index is 11.8. The Morgan fingerprint density at radius 2 is 1.67 bits per heavy atom. The second-order valence-electron chi connectivity index (χ2n) is 3.89. The summed E-state index contributed by atoms with van der Waals surface area (Å²) in [5, 5.41) is 4.55. The smallest absolute Gasteiger partial charge is 0.260 e. The van der Waals surface area contributed by atoms with Crippen LogP contribution in [0.15, 0.2) is 23.1 Å². The zero-order valence-corrected chi connectivity index (χ0v) is 15.4. The molecule has 7 nitrogen and oxygen atoms in total. The lowest BCUT2D eigenvalue weighted by Crippen LogP contribution is -2.52. The highest BCUT2D eigenvalue weighted by molar-refractivity contribution is 6.03. The average Bonchev–Trinajstić information content (AvgIpc) is 2.63. The van der Waals surface area contributed by atoms with Crippen molar-refractivity contribution in [2.24, 2.45) is 0 Å². The summed E-state index contributed by atoms with van der Waals surface area (Å²) >= 11 is 0. The van der Waals surface area contributed by atoms with Crippen molar-refractivity contribution in [2.45, 2.75) is 60.4 Å². The second kappa shape index (κ2) is 14.2. The maximum Gasteiger partial charge on any atom is 0.260 e. The molecule has 1 saturated heterocycles. The van der Waals surface area contributed by atoms with Crippen molar-refractivity contribution >= 4 is 17.7 Å². The molecule has 1 aliphatic heterocycles. The molecule has 24 heavy (non-hydrogen) atoms. The van der Waals surface area contributed by atoms with Crippen LogP contribution in [0, 0.1) is 0 Å². The molecular formula is C17H29N3O4. The van der Waals surface area contributed by atoms with Crippen LogP contribution in [0.1, 0.15) is 64.7 Å². The van der Waals surface area contributed by atoms with Gasteiger partial charge in [0.15, 0.2) is 0 Å². The van der Waals surface area contributed by atoms with Gasteiger partial charge >= 0.3 is 0 Å². The summed E-state index contributed by atoms with van der Waals surface area (Å²) in [5.74, 6) is -1.54. The van der Waals surface area contributed by atoms with E-state index in [9.17, 15) is 19.2 Å². The molecule has 3 amide bonds. The van der Waals surface area contributed by atoms with Gasteiger partial charge < -0.3 is 10.3 Å². The molecule has 136 valence electrons. The molecule has 0 saturated carbocycles. The van der Waals surface area contributed by atoms with Crippen LogP contribution in [0.2, 0.25) is 0 Å². The van der Waals surface area contributed by atoms with E-state index in [-0.39, 0.29) is 24.3 Å². The number of H-pyrrole nitrogens is 1.